The Bertz CT molecular complexity index is 1290. The molecule has 0 unspecified atom stereocenters. The highest BCUT2D eigenvalue weighted by atomic mass is 16.5. The number of H-pyrrole nitrogens is 1. The van der Waals surface area contributed by atoms with Crippen LogP contribution in [0.5, 0.6) is 17.2 Å². The Labute approximate surface area is 184 Å². The maximum atomic E-state index is 13.5. The van der Waals surface area contributed by atoms with Crippen molar-refractivity contribution >= 4 is 11.7 Å². The van der Waals surface area contributed by atoms with Crippen LogP contribution in [0.15, 0.2) is 66.9 Å². The standard InChI is InChI=1S/C24H20N4O4/c1-31-16-9-6-14(7-10-16)21-20-22(27-26-21)24(30)28(19-5-3-4-12-25-19)23(20)15-8-11-17(29)18(13-15)32-2/h3-13,23,29H,1-2H3,(H,26,27)/t23-/m0/s1. The van der Waals surface area contributed by atoms with Gasteiger partial charge in [-0.05, 0) is 54.1 Å². The van der Waals surface area contributed by atoms with Crippen LogP contribution in [0.2, 0.25) is 0 Å². The fourth-order valence-corrected chi connectivity index (χ4v) is 4.03. The molecule has 2 aromatic carbocycles. The number of hydrogen-bond acceptors (Lipinski definition) is 6. The highest BCUT2D eigenvalue weighted by Crippen LogP contribution is 2.45. The second kappa shape index (κ2) is 7.73. The molecule has 1 aliphatic heterocycles. The van der Waals surface area contributed by atoms with Crippen molar-refractivity contribution in [3.8, 4) is 28.5 Å². The van der Waals surface area contributed by atoms with E-state index in [0.717, 1.165) is 22.4 Å². The minimum Gasteiger partial charge on any atom is -0.504 e. The molecule has 160 valence electrons. The average molecular weight is 428 g/mol. The number of methoxy groups -OCH3 is 2. The fourth-order valence-electron chi connectivity index (χ4n) is 4.03. The van der Waals surface area contributed by atoms with Crippen LogP contribution in [-0.2, 0) is 0 Å². The number of aromatic amines is 1. The molecular weight excluding hydrogens is 408 g/mol. The largest absolute Gasteiger partial charge is 0.504 e. The van der Waals surface area contributed by atoms with Crippen molar-refractivity contribution in [3.63, 3.8) is 0 Å². The lowest BCUT2D eigenvalue weighted by atomic mass is 9.95. The molecule has 0 spiro atoms. The Morgan fingerprint density at radius 3 is 2.53 bits per heavy atom. The molecule has 4 aromatic rings. The monoisotopic (exact) mass is 428 g/mol. The number of carbonyl (C=O) groups is 1. The molecule has 2 N–H and O–H groups in total. The highest BCUT2D eigenvalue weighted by molar-refractivity contribution is 6.11. The first-order valence-electron chi connectivity index (χ1n) is 9.96. The average Bonchev–Trinajstić information content (AvgIpc) is 3.39. The van der Waals surface area contributed by atoms with E-state index >= 15 is 0 Å². The zero-order chi connectivity index (χ0) is 22.2. The molecular formula is C24H20N4O4. The van der Waals surface area contributed by atoms with E-state index in [1.807, 2.05) is 30.3 Å². The number of nitrogens with zero attached hydrogens (tertiary/aromatic N) is 3. The van der Waals surface area contributed by atoms with Gasteiger partial charge in [0, 0.05) is 17.3 Å². The Kier molecular flexibility index (Phi) is 4.74. The molecule has 8 nitrogen and oxygen atoms in total. The van der Waals surface area contributed by atoms with E-state index in [4.69, 9.17) is 9.47 Å². The summed E-state index contributed by atoms with van der Waals surface area (Å²) in [6.45, 7) is 0. The lowest BCUT2D eigenvalue weighted by Gasteiger charge is -2.25. The number of amides is 1. The van der Waals surface area contributed by atoms with Crippen LogP contribution in [0.4, 0.5) is 5.82 Å². The van der Waals surface area contributed by atoms with Gasteiger partial charge in [0.25, 0.3) is 5.91 Å². The molecule has 3 heterocycles. The molecule has 0 aliphatic carbocycles. The maximum Gasteiger partial charge on any atom is 0.278 e. The predicted octanol–water partition coefficient (Wildman–Crippen LogP) is 3.94. The third-order valence-corrected chi connectivity index (χ3v) is 5.55. The Morgan fingerprint density at radius 2 is 1.84 bits per heavy atom. The SMILES string of the molecule is COc1ccc(-c2n[nH]c3c2[C@H](c2ccc(O)c(OC)c2)N(c2ccccn2)C3=O)cc1. The minimum atomic E-state index is -0.516. The van der Waals surface area contributed by atoms with Gasteiger partial charge in [0.05, 0.1) is 26.0 Å². The fraction of sp³-hybridized carbons (Fsp3) is 0.125. The molecule has 0 saturated heterocycles. The van der Waals surface area contributed by atoms with Gasteiger partial charge >= 0.3 is 0 Å². The van der Waals surface area contributed by atoms with Gasteiger partial charge in [-0.15, -0.1) is 0 Å². The molecule has 2 aromatic heterocycles. The summed E-state index contributed by atoms with van der Waals surface area (Å²) < 4.78 is 10.6. The van der Waals surface area contributed by atoms with Gasteiger partial charge in [0.1, 0.15) is 17.3 Å². The Hall–Kier alpha value is -4.33. The smallest absolute Gasteiger partial charge is 0.278 e. The van der Waals surface area contributed by atoms with Crippen molar-refractivity contribution in [1.29, 1.82) is 0 Å². The molecule has 0 fully saturated rings. The number of rotatable bonds is 5. The van der Waals surface area contributed by atoms with E-state index in [9.17, 15) is 9.90 Å². The lowest BCUT2D eigenvalue weighted by molar-refractivity contribution is 0.0988. The molecule has 8 heteroatoms. The molecule has 0 bridgehead atoms. The quantitative estimate of drug-likeness (QED) is 0.499. The number of benzene rings is 2. The number of nitrogens with one attached hydrogen (secondary N) is 1. The topological polar surface area (TPSA) is 101 Å². The first kappa shape index (κ1) is 19.6. The van der Waals surface area contributed by atoms with Crippen LogP contribution >= 0.6 is 0 Å². The Balaban J connectivity index is 1.71. The third kappa shape index (κ3) is 3.04. The molecule has 0 saturated carbocycles. The van der Waals surface area contributed by atoms with E-state index in [-0.39, 0.29) is 11.7 Å². The number of pyridine rings is 1. The van der Waals surface area contributed by atoms with Crippen LogP contribution in [-0.4, -0.2) is 40.4 Å². The van der Waals surface area contributed by atoms with Crippen molar-refractivity contribution < 1.29 is 19.4 Å². The van der Waals surface area contributed by atoms with E-state index in [2.05, 4.69) is 15.2 Å². The molecule has 1 aliphatic rings. The Morgan fingerprint density at radius 1 is 1.03 bits per heavy atom. The summed E-state index contributed by atoms with van der Waals surface area (Å²) in [6, 6.07) is 17.5. The summed E-state index contributed by atoms with van der Waals surface area (Å²) in [4.78, 5) is 19.5. The van der Waals surface area contributed by atoms with Crippen LogP contribution in [0.1, 0.15) is 27.7 Å². The molecule has 5 rings (SSSR count). The zero-order valence-electron chi connectivity index (χ0n) is 17.4. The van der Waals surface area contributed by atoms with Gasteiger partial charge in [-0.1, -0.05) is 12.1 Å². The normalized spacial score (nSPS) is 15.0. The summed E-state index contributed by atoms with van der Waals surface area (Å²) in [5.41, 5.74) is 3.40. The number of ether oxygens (including phenoxy) is 2. The summed E-state index contributed by atoms with van der Waals surface area (Å²) in [5.74, 6) is 1.35. The first-order chi connectivity index (χ1) is 15.6. The summed E-state index contributed by atoms with van der Waals surface area (Å²) in [7, 11) is 3.10. The number of fused-ring (bicyclic) bond motifs is 1. The second-order valence-electron chi connectivity index (χ2n) is 7.29. The summed E-state index contributed by atoms with van der Waals surface area (Å²) in [6.07, 6.45) is 1.65. The number of carbonyl (C=O) groups excluding carboxylic acids is 1. The van der Waals surface area contributed by atoms with Crippen LogP contribution < -0.4 is 14.4 Å². The zero-order valence-corrected chi connectivity index (χ0v) is 17.4. The molecule has 1 atom stereocenters. The highest BCUT2D eigenvalue weighted by Gasteiger charge is 2.43. The number of anilines is 1. The third-order valence-electron chi connectivity index (χ3n) is 5.55. The predicted molar refractivity (Wildman–Crippen MR) is 118 cm³/mol. The first-order valence-corrected chi connectivity index (χ1v) is 9.96. The number of aromatic hydroxyl groups is 1. The van der Waals surface area contributed by atoms with Gasteiger partial charge in [0.15, 0.2) is 11.5 Å². The van der Waals surface area contributed by atoms with Crippen molar-refractivity contribution in [1.82, 2.24) is 15.2 Å². The van der Waals surface area contributed by atoms with Crippen molar-refractivity contribution in [2.24, 2.45) is 0 Å². The van der Waals surface area contributed by atoms with E-state index < -0.39 is 6.04 Å². The van der Waals surface area contributed by atoms with Crippen LogP contribution in [0.25, 0.3) is 11.3 Å². The minimum absolute atomic E-state index is 0.0211. The molecule has 1 amide bonds. The molecule has 32 heavy (non-hydrogen) atoms. The number of phenolic OH excluding ortho intramolecular Hbond substituents is 1. The van der Waals surface area contributed by atoms with Crippen LogP contribution in [0, 0.1) is 0 Å². The van der Waals surface area contributed by atoms with Crippen molar-refractivity contribution in [3.05, 3.63) is 83.7 Å². The van der Waals surface area contributed by atoms with E-state index in [1.165, 1.54) is 7.11 Å². The van der Waals surface area contributed by atoms with Gasteiger partial charge in [-0.3, -0.25) is 14.8 Å². The van der Waals surface area contributed by atoms with Gasteiger partial charge < -0.3 is 14.6 Å². The van der Waals surface area contributed by atoms with E-state index in [0.29, 0.717) is 23.0 Å². The summed E-state index contributed by atoms with van der Waals surface area (Å²) >= 11 is 0. The summed E-state index contributed by atoms with van der Waals surface area (Å²) in [5, 5.41) is 17.5. The van der Waals surface area contributed by atoms with Crippen LogP contribution in [0.3, 0.4) is 0 Å². The second-order valence-corrected chi connectivity index (χ2v) is 7.29. The maximum absolute atomic E-state index is 13.5. The van der Waals surface area contributed by atoms with Crippen molar-refractivity contribution in [2.75, 3.05) is 19.1 Å². The number of aromatic nitrogens is 3. The van der Waals surface area contributed by atoms with E-state index in [1.54, 1.807) is 48.5 Å². The van der Waals surface area contributed by atoms with Gasteiger partial charge in [0.2, 0.25) is 0 Å². The lowest BCUT2D eigenvalue weighted by Crippen LogP contribution is -2.30. The van der Waals surface area contributed by atoms with Gasteiger partial charge in [-0.25, -0.2) is 4.98 Å². The number of phenols is 1. The number of hydrogen-bond donors (Lipinski definition) is 2. The van der Waals surface area contributed by atoms with Gasteiger partial charge in [-0.2, -0.15) is 5.10 Å². The molecule has 0 radical (unpaired) electrons. The van der Waals surface area contributed by atoms with Crippen molar-refractivity contribution in [2.45, 2.75) is 6.04 Å².